The van der Waals surface area contributed by atoms with Crippen LogP contribution in [0.5, 0.6) is 0 Å². The SMILES string of the molecule is CCOC(=O)Cc1csc(Nc2ccc(Cl)c(C(F)(F)F)c2)n1. The first kappa shape index (κ1) is 17.6. The summed E-state index contributed by atoms with van der Waals surface area (Å²) in [4.78, 5) is 15.5. The monoisotopic (exact) mass is 364 g/mol. The van der Waals surface area contributed by atoms with E-state index in [0.29, 0.717) is 10.8 Å². The molecule has 1 aromatic heterocycles. The van der Waals surface area contributed by atoms with E-state index in [1.165, 1.54) is 23.5 Å². The van der Waals surface area contributed by atoms with Gasteiger partial charge in [-0.05, 0) is 25.1 Å². The van der Waals surface area contributed by atoms with Gasteiger partial charge in [-0.15, -0.1) is 11.3 Å². The number of ether oxygens (including phenoxy) is 1. The van der Waals surface area contributed by atoms with Gasteiger partial charge >= 0.3 is 12.1 Å². The summed E-state index contributed by atoms with van der Waals surface area (Å²) in [5, 5.41) is 4.41. The number of hydrogen-bond acceptors (Lipinski definition) is 5. The van der Waals surface area contributed by atoms with E-state index in [-0.39, 0.29) is 23.7 Å². The summed E-state index contributed by atoms with van der Waals surface area (Å²) in [7, 11) is 0. The van der Waals surface area contributed by atoms with Gasteiger partial charge in [-0.3, -0.25) is 4.79 Å². The number of nitrogens with zero attached hydrogens (tertiary/aromatic N) is 1. The Labute approximate surface area is 139 Å². The van der Waals surface area contributed by atoms with Crippen molar-refractivity contribution in [2.75, 3.05) is 11.9 Å². The van der Waals surface area contributed by atoms with Crippen LogP contribution in [0, 0.1) is 0 Å². The predicted octanol–water partition coefficient (Wildman–Crippen LogP) is 4.66. The fraction of sp³-hybridized carbons (Fsp3) is 0.286. The Morgan fingerprint density at radius 3 is 2.83 bits per heavy atom. The molecule has 1 heterocycles. The fourth-order valence-corrected chi connectivity index (χ4v) is 2.70. The summed E-state index contributed by atoms with van der Waals surface area (Å²) in [6.45, 7) is 1.98. The first-order valence-corrected chi connectivity index (χ1v) is 7.79. The maximum absolute atomic E-state index is 12.8. The molecule has 0 unspecified atom stereocenters. The van der Waals surface area contributed by atoms with Crippen molar-refractivity contribution in [1.29, 1.82) is 0 Å². The van der Waals surface area contributed by atoms with Gasteiger partial charge in [0, 0.05) is 11.1 Å². The molecule has 0 spiro atoms. The number of nitrogens with one attached hydrogen (secondary N) is 1. The van der Waals surface area contributed by atoms with E-state index in [1.54, 1.807) is 12.3 Å². The average Bonchev–Trinajstić information content (AvgIpc) is 2.87. The maximum atomic E-state index is 12.8. The number of alkyl halides is 3. The van der Waals surface area contributed by atoms with Gasteiger partial charge in [0.1, 0.15) is 0 Å². The number of carbonyl (C=O) groups excluding carboxylic acids is 1. The molecule has 124 valence electrons. The second-order valence-electron chi connectivity index (χ2n) is 4.44. The molecule has 0 amide bonds. The molecule has 0 bridgehead atoms. The Bertz CT molecular complexity index is 704. The van der Waals surface area contributed by atoms with Crippen LogP contribution in [0.15, 0.2) is 23.6 Å². The Balaban J connectivity index is 2.11. The Hall–Kier alpha value is -1.80. The zero-order valence-electron chi connectivity index (χ0n) is 11.9. The molecule has 2 rings (SSSR count). The van der Waals surface area contributed by atoms with E-state index in [0.717, 1.165) is 6.07 Å². The Morgan fingerprint density at radius 1 is 1.43 bits per heavy atom. The minimum Gasteiger partial charge on any atom is -0.466 e. The normalized spacial score (nSPS) is 11.3. The fourth-order valence-electron chi connectivity index (χ4n) is 1.75. The highest BCUT2D eigenvalue weighted by molar-refractivity contribution is 7.13. The van der Waals surface area contributed by atoms with Crippen molar-refractivity contribution in [2.24, 2.45) is 0 Å². The summed E-state index contributed by atoms with van der Waals surface area (Å²) in [5.74, 6) is -0.407. The van der Waals surface area contributed by atoms with Crippen molar-refractivity contribution in [3.05, 3.63) is 39.9 Å². The largest absolute Gasteiger partial charge is 0.466 e. The quantitative estimate of drug-likeness (QED) is 0.784. The van der Waals surface area contributed by atoms with Gasteiger partial charge in [0.2, 0.25) is 0 Å². The summed E-state index contributed by atoms with van der Waals surface area (Å²) in [5.41, 5.74) is -0.229. The first-order valence-electron chi connectivity index (χ1n) is 6.53. The third kappa shape index (κ3) is 4.84. The zero-order chi connectivity index (χ0) is 17.0. The molecule has 0 fully saturated rings. The second kappa shape index (κ2) is 7.18. The van der Waals surface area contributed by atoms with Gasteiger partial charge in [0.25, 0.3) is 0 Å². The van der Waals surface area contributed by atoms with Crippen LogP contribution in [0.1, 0.15) is 18.2 Å². The van der Waals surface area contributed by atoms with Crippen LogP contribution in [0.3, 0.4) is 0 Å². The van der Waals surface area contributed by atoms with E-state index in [1.807, 2.05) is 0 Å². The molecular formula is C14H12ClF3N2O2S. The molecule has 9 heteroatoms. The number of hydrogen-bond donors (Lipinski definition) is 1. The molecule has 0 radical (unpaired) electrons. The van der Waals surface area contributed by atoms with Crippen molar-refractivity contribution >= 4 is 39.7 Å². The predicted molar refractivity (Wildman–Crippen MR) is 82.2 cm³/mol. The van der Waals surface area contributed by atoms with E-state index >= 15 is 0 Å². The van der Waals surface area contributed by atoms with Crippen LogP contribution in [0.25, 0.3) is 0 Å². The molecule has 4 nitrogen and oxygen atoms in total. The maximum Gasteiger partial charge on any atom is 0.417 e. The molecular weight excluding hydrogens is 353 g/mol. The third-order valence-electron chi connectivity index (χ3n) is 2.71. The van der Waals surface area contributed by atoms with Crippen molar-refractivity contribution in [3.63, 3.8) is 0 Å². The smallest absolute Gasteiger partial charge is 0.417 e. The molecule has 0 aliphatic carbocycles. The van der Waals surface area contributed by atoms with Crippen LogP contribution in [-0.4, -0.2) is 17.6 Å². The minimum absolute atomic E-state index is 0.0143. The van der Waals surface area contributed by atoms with E-state index in [9.17, 15) is 18.0 Å². The standard InChI is InChI=1S/C14H12ClF3N2O2S/c1-2-22-12(21)6-9-7-23-13(20-9)19-8-3-4-11(15)10(5-8)14(16,17)18/h3-5,7H,2,6H2,1H3,(H,19,20). The molecule has 1 N–H and O–H groups in total. The van der Waals surface area contributed by atoms with Crippen LogP contribution >= 0.6 is 22.9 Å². The second-order valence-corrected chi connectivity index (χ2v) is 5.71. The molecule has 1 aromatic carbocycles. The lowest BCUT2D eigenvalue weighted by Crippen LogP contribution is -2.08. The van der Waals surface area contributed by atoms with Gasteiger partial charge in [0.05, 0.1) is 29.3 Å². The number of rotatable bonds is 5. The lowest BCUT2D eigenvalue weighted by atomic mass is 10.2. The Kier molecular flexibility index (Phi) is 5.48. The van der Waals surface area contributed by atoms with Crippen LogP contribution in [0.2, 0.25) is 5.02 Å². The summed E-state index contributed by atoms with van der Waals surface area (Å²) < 4.78 is 43.2. The summed E-state index contributed by atoms with van der Waals surface area (Å²) in [6, 6.07) is 3.50. The van der Waals surface area contributed by atoms with Crippen molar-refractivity contribution < 1.29 is 22.7 Å². The first-order chi connectivity index (χ1) is 10.8. The van der Waals surface area contributed by atoms with Crippen molar-refractivity contribution in [1.82, 2.24) is 4.98 Å². The van der Waals surface area contributed by atoms with E-state index < -0.39 is 17.7 Å². The highest BCUT2D eigenvalue weighted by Gasteiger charge is 2.33. The average molecular weight is 365 g/mol. The van der Waals surface area contributed by atoms with Crippen molar-refractivity contribution in [3.8, 4) is 0 Å². The number of benzene rings is 1. The highest BCUT2D eigenvalue weighted by atomic mass is 35.5. The number of anilines is 2. The molecule has 0 saturated carbocycles. The number of thiazole rings is 1. The van der Waals surface area contributed by atoms with E-state index in [4.69, 9.17) is 16.3 Å². The van der Waals surface area contributed by atoms with Gasteiger partial charge < -0.3 is 10.1 Å². The molecule has 0 saturated heterocycles. The van der Waals surface area contributed by atoms with E-state index in [2.05, 4.69) is 10.3 Å². The van der Waals surface area contributed by atoms with Crippen LogP contribution in [0.4, 0.5) is 24.0 Å². The van der Waals surface area contributed by atoms with Gasteiger partial charge in [-0.1, -0.05) is 11.6 Å². The number of aromatic nitrogens is 1. The van der Waals surface area contributed by atoms with Crippen LogP contribution < -0.4 is 5.32 Å². The Morgan fingerprint density at radius 2 is 2.17 bits per heavy atom. The molecule has 2 aromatic rings. The minimum atomic E-state index is -4.53. The molecule has 0 aliphatic heterocycles. The van der Waals surface area contributed by atoms with Crippen LogP contribution in [-0.2, 0) is 22.1 Å². The summed E-state index contributed by atoms with van der Waals surface area (Å²) >= 11 is 6.74. The zero-order valence-corrected chi connectivity index (χ0v) is 13.5. The number of carbonyl (C=O) groups is 1. The lowest BCUT2D eigenvalue weighted by molar-refractivity contribution is -0.142. The molecule has 0 atom stereocenters. The van der Waals surface area contributed by atoms with Gasteiger partial charge in [0.15, 0.2) is 5.13 Å². The number of esters is 1. The van der Waals surface area contributed by atoms with Crippen molar-refractivity contribution in [2.45, 2.75) is 19.5 Å². The molecule has 0 aliphatic rings. The third-order valence-corrected chi connectivity index (χ3v) is 3.84. The highest BCUT2D eigenvalue weighted by Crippen LogP contribution is 2.36. The van der Waals surface area contributed by atoms with Gasteiger partial charge in [-0.2, -0.15) is 13.2 Å². The van der Waals surface area contributed by atoms with Gasteiger partial charge in [-0.25, -0.2) is 4.98 Å². The molecule has 23 heavy (non-hydrogen) atoms. The number of halogens is 4. The topological polar surface area (TPSA) is 51.2 Å². The lowest BCUT2D eigenvalue weighted by Gasteiger charge is -2.11. The summed E-state index contributed by atoms with van der Waals surface area (Å²) in [6.07, 6.45) is -4.52.